The van der Waals surface area contributed by atoms with Crippen LogP contribution in [-0.4, -0.2) is 40.5 Å². The zero-order chi connectivity index (χ0) is 16.6. The Morgan fingerprint density at radius 3 is 2.70 bits per heavy atom. The summed E-state index contributed by atoms with van der Waals surface area (Å²) in [6.45, 7) is 1.67. The Bertz CT molecular complexity index is 630. The summed E-state index contributed by atoms with van der Waals surface area (Å²) in [5.41, 5.74) is 0.732. The largest absolute Gasteiger partial charge is 0.391 e. The molecule has 0 unspecified atom stereocenters. The van der Waals surface area contributed by atoms with Crippen molar-refractivity contribution in [3.63, 3.8) is 0 Å². The molecule has 6 heteroatoms. The Labute approximate surface area is 144 Å². The molecule has 1 aromatic carbocycles. The summed E-state index contributed by atoms with van der Waals surface area (Å²) in [4.78, 5) is 25.9. The average Bonchev–Trinajstić information content (AvgIpc) is 2.85. The van der Waals surface area contributed by atoms with Gasteiger partial charge < -0.3 is 15.3 Å². The number of hydrogen-bond acceptors (Lipinski definition) is 3. The number of rotatable bonds is 3. The van der Waals surface area contributed by atoms with Crippen LogP contribution in [0.1, 0.15) is 38.2 Å². The molecule has 1 saturated carbocycles. The van der Waals surface area contributed by atoms with Gasteiger partial charge in [-0.15, -0.1) is 0 Å². The van der Waals surface area contributed by atoms with Crippen LogP contribution in [-0.2, 0) is 15.1 Å². The zero-order valence-corrected chi connectivity index (χ0v) is 14.7. The molecule has 0 radical (unpaired) electrons. The molecule has 2 fully saturated rings. The van der Waals surface area contributed by atoms with Gasteiger partial charge in [-0.3, -0.25) is 9.59 Å². The number of amides is 2. The van der Waals surface area contributed by atoms with Gasteiger partial charge >= 0.3 is 0 Å². The van der Waals surface area contributed by atoms with Gasteiger partial charge in [0.1, 0.15) is 6.04 Å². The Hall–Kier alpha value is -1.40. The smallest absolute Gasteiger partial charge is 0.243 e. The summed E-state index contributed by atoms with van der Waals surface area (Å²) in [5, 5.41) is 13.0. The maximum atomic E-state index is 12.7. The maximum Gasteiger partial charge on any atom is 0.243 e. The van der Waals surface area contributed by atoms with Crippen molar-refractivity contribution in [2.45, 2.75) is 50.3 Å². The minimum Gasteiger partial charge on any atom is -0.391 e. The predicted molar refractivity (Wildman–Crippen MR) is 89.6 cm³/mol. The lowest BCUT2D eigenvalue weighted by Crippen LogP contribution is -2.56. The van der Waals surface area contributed by atoms with Gasteiger partial charge in [0.25, 0.3) is 0 Å². The van der Waals surface area contributed by atoms with E-state index in [0.29, 0.717) is 6.42 Å². The number of β-amino-alcohol motifs (C(OH)–C–C–N with tert-alkyl or cyclic N) is 1. The van der Waals surface area contributed by atoms with Crippen molar-refractivity contribution in [1.29, 1.82) is 0 Å². The van der Waals surface area contributed by atoms with Gasteiger partial charge in [-0.25, -0.2) is 0 Å². The standard InChI is InChI=1S/C17H21BrN2O3/c1-11(21)20-10-14(22)9-15(20)16(23)19-17(6-3-7-17)12-4-2-5-13(18)8-12/h2,4-5,8,14-15,22H,3,6-7,9-10H2,1H3,(H,19,23)/t14-,15+/m1/s1. The fourth-order valence-electron chi connectivity index (χ4n) is 3.53. The number of benzene rings is 1. The number of aliphatic hydroxyl groups excluding tert-OH is 1. The molecule has 2 aliphatic rings. The van der Waals surface area contributed by atoms with Crippen molar-refractivity contribution in [3.05, 3.63) is 34.3 Å². The van der Waals surface area contributed by atoms with Crippen molar-refractivity contribution >= 4 is 27.7 Å². The minimum absolute atomic E-state index is 0.170. The Morgan fingerprint density at radius 1 is 1.39 bits per heavy atom. The topological polar surface area (TPSA) is 69.6 Å². The fraction of sp³-hybridized carbons (Fsp3) is 0.529. The number of carbonyl (C=O) groups is 2. The molecular weight excluding hydrogens is 360 g/mol. The van der Waals surface area contributed by atoms with E-state index in [2.05, 4.69) is 21.2 Å². The Kier molecular flexibility index (Phi) is 4.47. The van der Waals surface area contributed by atoms with E-state index in [-0.39, 0.29) is 23.9 Å². The van der Waals surface area contributed by atoms with Gasteiger partial charge in [0, 0.05) is 24.4 Å². The molecule has 2 amide bonds. The molecule has 2 N–H and O–H groups in total. The molecule has 1 saturated heterocycles. The SMILES string of the molecule is CC(=O)N1C[C@H](O)C[C@H]1C(=O)NC1(c2cccc(Br)c2)CCC1. The van der Waals surface area contributed by atoms with E-state index < -0.39 is 12.1 Å². The summed E-state index contributed by atoms with van der Waals surface area (Å²) in [6.07, 6.45) is 2.53. The van der Waals surface area contributed by atoms with Crippen molar-refractivity contribution in [2.75, 3.05) is 6.54 Å². The molecule has 0 aromatic heterocycles. The number of nitrogens with zero attached hydrogens (tertiary/aromatic N) is 1. The number of carbonyl (C=O) groups excluding carboxylic acids is 2. The summed E-state index contributed by atoms with van der Waals surface area (Å²) < 4.78 is 0.983. The molecule has 5 nitrogen and oxygen atoms in total. The third-order valence-corrected chi connectivity index (χ3v) is 5.43. The van der Waals surface area contributed by atoms with Crippen molar-refractivity contribution in [2.24, 2.45) is 0 Å². The van der Waals surface area contributed by atoms with E-state index in [1.165, 1.54) is 11.8 Å². The molecule has 23 heavy (non-hydrogen) atoms. The first kappa shape index (κ1) is 16.5. The second-order valence-electron chi connectivity index (χ2n) is 6.51. The van der Waals surface area contributed by atoms with Crippen LogP contribution in [0.4, 0.5) is 0 Å². The van der Waals surface area contributed by atoms with Crippen LogP contribution in [0, 0.1) is 0 Å². The van der Waals surface area contributed by atoms with Crippen LogP contribution in [0.25, 0.3) is 0 Å². The van der Waals surface area contributed by atoms with Gasteiger partial charge in [0.15, 0.2) is 0 Å². The third-order valence-electron chi connectivity index (χ3n) is 4.93. The lowest BCUT2D eigenvalue weighted by atomic mass is 9.71. The molecule has 0 spiro atoms. The predicted octanol–water partition coefficient (Wildman–Crippen LogP) is 1.93. The quantitative estimate of drug-likeness (QED) is 0.841. The first-order chi connectivity index (χ1) is 10.9. The highest BCUT2D eigenvalue weighted by Gasteiger charge is 2.44. The molecule has 0 bridgehead atoms. The fourth-order valence-corrected chi connectivity index (χ4v) is 3.93. The molecule has 124 valence electrons. The van der Waals surface area contributed by atoms with E-state index in [9.17, 15) is 14.7 Å². The molecule has 1 aliphatic carbocycles. The van der Waals surface area contributed by atoms with Crippen LogP contribution in [0.15, 0.2) is 28.7 Å². The summed E-state index contributed by atoms with van der Waals surface area (Å²) in [6, 6.07) is 7.41. The summed E-state index contributed by atoms with van der Waals surface area (Å²) in [7, 11) is 0. The third kappa shape index (κ3) is 3.15. The van der Waals surface area contributed by atoms with Gasteiger partial charge in [-0.05, 0) is 37.0 Å². The molecule has 1 aromatic rings. The van der Waals surface area contributed by atoms with Gasteiger partial charge in [-0.1, -0.05) is 28.1 Å². The van der Waals surface area contributed by atoms with E-state index >= 15 is 0 Å². The number of likely N-dealkylation sites (tertiary alicyclic amines) is 1. The lowest BCUT2D eigenvalue weighted by Gasteiger charge is -2.44. The zero-order valence-electron chi connectivity index (χ0n) is 13.1. The highest BCUT2D eigenvalue weighted by Crippen LogP contribution is 2.42. The van der Waals surface area contributed by atoms with Crippen LogP contribution >= 0.6 is 15.9 Å². The normalized spacial score (nSPS) is 25.8. The van der Waals surface area contributed by atoms with Gasteiger partial charge in [-0.2, -0.15) is 0 Å². The minimum atomic E-state index is -0.627. The Balaban J connectivity index is 1.79. The van der Waals surface area contributed by atoms with E-state index in [0.717, 1.165) is 29.3 Å². The Morgan fingerprint density at radius 2 is 2.13 bits per heavy atom. The van der Waals surface area contributed by atoms with Crippen LogP contribution < -0.4 is 5.32 Å². The molecule has 2 atom stereocenters. The summed E-state index contributed by atoms with van der Waals surface area (Å²) >= 11 is 3.48. The maximum absolute atomic E-state index is 12.7. The van der Waals surface area contributed by atoms with Crippen molar-refractivity contribution < 1.29 is 14.7 Å². The van der Waals surface area contributed by atoms with Gasteiger partial charge in [0.2, 0.25) is 11.8 Å². The second-order valence-corrected chi connectivity index (χ2v) is 7.43. The molecule has 1 aliphatic heterocycles. The molecule has 1 heterocycles. The first-order valence-electron chi connectivity index (χ1n) is 7.95. The highest BCUT2D eigenvalue weighted by atomic mass is 79.9. The van der Waals surface area contributed by atoms with E-state index in [4.69, 9.17) is 0 Å². The average molecular weight is 381 g/mol. The number of hydrogen-bond donors (Lipinski definition) is 2. The van der Waals surface area contributed by atoms with E-state index in [1.54, 1.807) is 0 Å². The summed E-state index contributed by atoms with van der Waals surface area (Å²) in [5.74, 6) is -0.344. The van der Waals surface area contributed by atoms with Crippen LogP contribution in [0.2, 0.25) is 0 Å². The highest BCUT2D eigenvalue weighted by molar-refractivity contribution is 9.10. The molecule has 3 rings (SSSR count). The lowest BCUT2D eigenvalue weighted by molar-refractivity contribution is -0.138. The number of aliphatic hydroxyl groups is 1. The van der Waals surface area contributed by atoms with Crippen LogP contribution in [0.5, 0.6) is 0 Å². The van der Waals surface area contributed by atoms with Crippen molar-refractivity contribution in [3.8, 4) is 0 Å². The number of halogens is 1. The van der Waals surface area contributed by atoms with Gasteiger partial charge in [0.05, 0.1) is 11.6 Å². The van der Waals surface area contributed by atoms with E-state index in [1.807, 2.05) is 24.3 Å². The monoisotopic (exact) mass is 380 g/mol. The number of nitrogens with one attached hydrogen (secondary N) is 1. The second kappa shape index (κ2) is 6.24. The first-order valence-corrected chi connectivity index (χ1v) is 8.74. The van der Waals surface area contributed by atoms with Crippen molar-refractivity contribution in [1.82, 2.24) is 10.2 Å². The van der Waals surface area contributed by atoms with Crippen LogP contribution in [0.3, 0.4) is 0 Å². The molecular formula is C17H21BrN2O3.